The summed E-state index contributed by atoms with van der Waals surface area (Å²) in [5.74, 6) is -0.188. The van der Waals surface area contributed by atoms with E-state index in [0.29, 0.717) is 5.58 Å². The normalized spacial score (nSPS) is 13.4. The Hall–Kier alpha value is -4.15. The van der Waals surface area contributed by atoms with Gasteiger partial charge in [-0.2, -0.15) is 10.4 Å². The van der Waals surface area contributed by atoms with Gasteiger partial charge in [0.15, 0.2) is 5.76 Å². The average Bonchev–Trinajstić information content (AvgIpc) is 3.57. The highest BCUT2D eigenvalue weighted by Crippen LogP contribution is 2.38. The molecule has 2 aromatic carbocycles. The molecule has 0 fully saturated rings. The maximum absolute atomic E-state index is 12.8. The molecule has 6 nitrogen and oxygen atoms in total. The fourth-order valence-electron chi connectivity index (χ4n) is 5.24. The molecule has 1 amide bonds. The quantitative estimate of drug-likeness (QED) is 0.227. The second-order valence-corrected chi connectivity index (χ2v) is 10.3. The van der Waals surface area contributed by atoms with Gasteiger partial charge >= 0.3 is 5.91 Å². The van der Waals surface area contributed by atoms with E-state index in [-0.39, 0.29) is 5.76 Å². The van der Waals surface area contributed by atoms with E-state index in [2.05, 4.69) is 21.2 Å². The molecule has 5 aromatic rings. The summed E-state index contributed by atoms with van der Waals surface area (Å²) in [5.41, 5.74) is 8.50. The van der Waals surface area contributed by atoms with Crippen LogP contribution in [0.1, 0.15) is 55.7 Å². The summed E-state index contributed by atoms with van der Waals surface area (Å²) in [6.45, 7) is 4.06. The van der Waals surface area contributed by atoms with Crippen LogP contribution in [0.25, 0.3) is 27.4 Å². The number of hydrazone groups is 1. The third kappa shape index (κ3) is 3.62. The Morgan fingerprint density at radius 3 is 2.83 bits per heavy atom. The van der Waals surface area contributed by atoms with E-state index in [1.54, 1.807) is 23.6 Å². The minimum atomic E-state index is -0.404. The lowest BCUT2D eigenvalue weighted by atomic mass is 9.97. The van der Waals surface area contributed by atoms with Gasteiger partial charge in [-0.1, -0.05) is 30.3 Å². The first kappa shape index (κ1) is 22.3. The van der Waals surface area contributed by atoms with Crippen molar-refractivity contribution in [3.63, 3.8) is 0 Å². The predicted octanol–water partition coefficient (Wildman–Crippen LogP) is 6.57. The molecule has 178 valence electrons. The van der Waals surface area contributed by atoms with Gasteiger partial charge in [0, 0.05) is 27.2 Å². The minimum absolute atomic E-state index is 0.215. The minimum Gasteiger partial charge on any atom is -0.451 e. The van der Waals surface area contributed by atoms with E-state index >= 15 is 0 Å². The van der Waals surface area contributed by atoms with Gasteiger partial charge in [-0.15, -0.1) is 11.3 Å². The smallest absolute Gasteiger partial charge is 0.307 e. The molecule has 1 aliphatic rings. The number of nitrogens with zero attached hydrogens (tertiary/aromatic N) is 3. The first-order valence-electron chi connectivity index (χ1n) is 12.0. The van der Waals surface area contributed by atoms with Crippen LogP contribution < -0.4 is 5.43 Å². The van der Waals surface area contributed by atoms with Crippen LogP contribution in [0, 0.1) is 25.2 Å². The molecular formula is C29H24N4O2S. The van der Waals surface area contributed by atoms with Crippen molar-refractivity contribution in [2.45, 2.75) is 39.5 Å². The monoisotopic (exact) mass is 492 g/mol. The van der Waals surface area contributed by atoms with E-state index < -0.39 is 5.91 Å². The Morgan fingerprint density at radius 1 is 1.14 bits per heavy atom. The zero-order valence-corrected chi connectivity index (χ0v) is 20.9. The van der Waals surface area contributed by atoms with E-state index in [1.807, 2.05) is 56.3 Å². The number of hydrogen-bond donors (Lipinski definition) is 1. The molecule has 1 aliphatic carbocycles. The summed E-state index contributed by atoms with van der Waals surface area (Å²) < 4.78 is 7.95. The first-order chi connectivity index (χ1) is 17.5. The van der Waals surface area contributed by atoms with Crippen LogP contribution >= 0.6 is 11.3 Å². The second kappa shape index (κ2) is 8.81. The van der Waals surface area contributed by atoms with Crippen molar-refractivity contribution in [3.8, 4) is 11.8 Å². The third-order valence-corrected chi connectivity index (χ3v) is 8.14. The van der Waals surface area contributed by atoms with Crippen molar-refractivity contribution in [2.75, 3.05) is 0 Å². The molecule has 0 radical (unpaired) electrons. The number of aryl methyl sites for hydroxylation is 2. The number of rotatable bonds is 4. The van der Waals surface area contributed by atoms with Gasteiger partial charge in [0.25, 0.3) is 0 Å². The molecule has 0 spiro atoms. The molecule has 6 rings (SSSR count). The van der Waals surface area contributed by atoms with Gasteiger partial charge in [0.05, 0.1) is 11.9 Å². The van der Waals surface area contributed by atoms with Gasteiger partial charge in [0.2, 0.25) is 0 Å². The molecule has 0 atom stereocenters. The largest absolute Gasteiger partial charge is 0.451 e. The van der Waals surface area contributed by atoms with Crippen LogP contribution in [-0.4, -0.2) is 16.7 Å². The summed E-state index contributed by atoms with van der Waals surface area (Å²) in [6, 6.07) is 18.1. The molecule has 36 heavy (non-hydrogen) atoms. The number of fused-ring (bicyclic) bond motifs is 4. The van der Waals surface area contributed by atoms with Gasteiger partial charge in [-0.3, -0.25) is 4.79 Å². The van der Waals surface area contributed by atoms with Gasteiger partial charge < -0.3 is 8.98 Å². The lowest BCUT2D eigenvalue weighted by molar-refractivity contribution is 0.0929. The number of nitriles is 1. The lowest BCUT2D eigenvalue weighted by Gasteiger charge is -2.16. The highest BCUT2D eigenvalue weighted by Gasteiger charge is 2.24. The third-order valence-electron chi connectivity index (χ3n) is 6.96. The van der Waals surface area contributed by atoms with E-state index in [0.717, 1.165) is 62.9 Å². The molecular weight excluding hydrogens is 468 g/mol. The summed E-state index contributed by atoms with van der Waals surface area (Å²) in [6.07, 6.45) is 6.04. The van der Waals surface area contributed by atoms with Crippen molar-refractivity contribution in [1.82, 2.24) is 9.99 Å². The molecule has 3 aromatic heterocycles. The van der Waals surface area contributed by atoms with Crippen molar-refractivity contribution in [1.29, 1.82) is 5.26 Å². The number of furan rings is 1. The molecule has 0 unspecified atom stereocenters. The van der Waals surface area contributed by atoms with Crippen molar-refractivity contribution in [3.05, 3.63) is 86.6 Å². The molecule has 3 heterocycles. The van der Waals surface area contributed by atoms with E-state index in [4.69, 9.17) is 4.42 Å². The van der Waals surface area contributed by atoms with E-state index in [9.17, 15) is 10.1 Å². The maximum atomic E-state index is 12.8. The van der Waals surface area contributed by atoms with Crippen molar-refractivity contribution >= 4 is 45.2 Å². The van der Waals surface area contributed by atoms with E-state index in [1.165, 1.54) is 16.9 Å². The molecule has 0 aliphatic heterocycles. The van der Waals surface area contributed by atoms with Crippen molar-refractivity contribution < 1.29 is 9.21 Å². The van der Waals surface area contributed by atoms with Crippen LogP contribution in [-0.2, 0) is 12.8 Å². The number of hydrogen-bond acceptors (Lipinski definition) is 5. The van der Waals surface area contributed by atoms with Gasteiger partial charge in [-0.25, -0.2) is 5.43 Å². The van der Waals surface area contributed by atoms with Crippen LogP contribution in [0.15, 0.2) is 58.0 Å². The van der Waals surface area contributed by atoms with Crippen LogP contribution in [0.4, 0.5) is 0 Å². The standard InChI is InChI=1S/C29H24N4O2S/c1-17-13-20(18(2)33(17)28-22-9-5-6-10-26(22)36-27(28)15-30)16-31-32-29(34)25-14-23-21-8-4-3-7-19(21)11-12-24(23)35-25/h3-4,7-8,11-14,16H,5-6,9-10H2,1-2H3,(H,32,34)/b31-16-. The zero-order chi connectivity index (χ0) is 24.8. The summed E-state index contributed by atoms with van der Waals surface area (Å²) in [7, 11) is 0. The number of aromatic nitrogens is 1. The summed E-state index contributed by atoms with van der Waals surface area (Å²) in [4.78, 5) is 14.9. The van der Waals surface area contributed by atoms with Crippen molar-refractivity contribution in [2.24, 2.45) is 5.10 Å². The number of carbonyl (C=O) groups excluding carboxylic acids is 1. The molecule has 0 saturated heterocycles. The first-order valence-corrected chi connectivity index (χ1v) is 12.9. The van der Waals surface area contributed by atoms with Gasteiger partial charge in [0.1, 0.15) is 16.5 Å². The number of benzene rings is 2. The Morgan fingerprint density at radius 2 is 1.97 bits per heavy atom. The Bertz CT molecular complexity index is 1730. The summed E-state index contributed by atoms with van der Waals surface area (Å²) >= 11 is 1.62. The van der Waals surface area contributed by atoms with Crippen LogP contribution in [0.2, 0.25) is 0 Å². The number of thiophene rings is 1. The molecule has 0 bridgehead atoms. The summed E-state index contributed by atoms with van der Waals surface area (Å²) in [5, 5.41) is 17.1. The highest BCUT2D eigenvalue weighted by atomic mass is 32.1. The van der Waals surface area contributed by atoms with Crippen LogP contribution in [0.3, 0.4) is 0 Å². The lowest BCUT2D eigenvalue weighted by Crippen LogP contribution is -2.16. The molecule has 0 saturated carbocycles. The molecule has 7 heteroatoms. The highest BCUT2D eigenvalue weighted by molar-refractivity contribution is 7.13. The fraction of sp³-hybridized carbons (Fsp3) is 0.207. The number of amides is 1. The second-order valence-electron chi connectivity index (χ2n) is 9.17. The zero-order valence-electron chi connectivity index (χ0n) is 20.1. The topological polar surface area (TPSA) is 83.3 Å². The van der Waals surface area contributed by atoms with Crippen LogP contribution in [0.5, 0.6) is 0 Å². The SMILES string of the molecule is Cc1cc(/C=N\NC(=O)c2cc3c(ccc4ccccc43)o2)c(C)n1-c1c(C#N)sc2c1CCCC2. The average molecular weight is 493 g/mol. The molecule has 1 N–H and O–H groups in total. The Labute approximate surface area is 212 Å². The number of carbonyl (C=O) groups is 1. The Balaban J connectivity index is 1.27. The number of nitrogens with one attached hydrogen (secondary N) is 1. The predicted molar refractivity (Wildman–Crippen MR) is 143 cm³/mol. The fourth-order valence-corrected chi connectivity index (χ4v) is 6.42. The maximum Gasteiger partial charge on any atom is 0.307 e. The Kier molecular flexibility index (Phi) is 5.46. The van der Waals surface area contributed by atoms with Gasteiger partial charge in [-0.05, 0) is 74.1 Å².